The summed E-state index contributed by atoms with van der Waals surface area (Å²) in [5, 5.41) is 3.47. The maximum Gasteiger partial charge on any atom is 0.225 e. The first-order valence-electron chi connectivity index (χ1n) is 7.34. The smallest absolute Gasteiger partial charge is 0.225 e. The fourth-order valence-corrected chi connectivity index (χ4v) is 3.39. The highest BCUT2D eigenvalue weighted by Crippen LogP contribution is 2.26. The van der Waals surface area contributed by atoms with E-state index in [4.69, 9.17) is 16.3 Å². The molecule has 1 aliphatic heterocycles. The van der Waals surface area contributed by atoms with Gasteiger partial charge in [0.15, 0.2) is 0 Å². The number of nitrogens with zero attached hydrogens (tertiary/aromatic N) is 3. The molecule has 22 heavy (non-hydrogen) atoms. The van der Waals surface area contributed by atoms with Crippen molar-refractivity contribution in [1.82, 2.24) is 15.3 Å². The molecule has 0 aliphatic carbocycles. The van der Waals surface area contributed by atoms with Crippen molar-refractivity contribution >= 4 is 28.9 Å². The highest BCUT2D eigenvalue weighted by Gasteiger charge is 2.13. The molecule has 3 heterocycles. The number of ether oxygens (including phenoxy) is 1. The van der Waals surface area contributed by atoms with Crippen LogP contribution in [0.2, 0.25) is 4.34 Å². The highest BCUT2D eigenvalue weighted by atomic mass is 35.5. The van der Waals surface area contributed by atoms with Crippen LogP contribution in [0.15, 0.2) is 24.5 Å². The van der Waals surface area contributed by atoms with Crippen LogP contribution < -0.4 is 10.2 Å². The zero-order valence-electron chi connectivity index (χ0n) is 12.5. The molecule has 0 saturated carbocycles. The van der Waals surface area contributed by atoms with Gasteiger partial charge in [-0.2, -0.15) is 0 Å². The molecule has 1 N–H and O–H groups in total. The number of nitrogens with one attached hydrogen (secondary N) is 1. The number of anilines is 1. The predicted octanol–water partition coefficient (Wildman–Crippen LogP) is 2.88. The van der Waals surface area contributed by atoms with Crippen molar-refractivity contribution in [2.45, 2.75) is 19.5 Å². The molecule has 1 unspecified atom stereocenters. The van der Waals surface area contributed by atoms with E-state index in [-0.39, 0.29) is 6.04 Å². The van der Waals surface area contributed by atoms with E-state index in [1.54, 1.807) is 11.3 Å². The van der Waals surface area contributed by atoms with Crippen molar-refractivity contribution in [3.63, 3.8) is 0 Å². The SMILES string of the molecule is CC(NCc1cnc(N2CCOCC2)nc1)c1ccc(Cl)s1. The number of aromatic nitrogens is 2. The molecule has 118 valence electrons. The van der Waals surface area contributed by atoms with Gasteiger partial charge < -0.3 is 15.0 Å². The highest BCUT2D eigenvalue weighted by molar-refractivity contribution is 7.16. The number of morpholine rings is 1. The molecule has 0 spiro atoms. The van der Waals surface area contributed by atoms with Crippen LogP contribution in [0.1, 0.15) is 23.4 Å². The van der Waals surface area contributed by atoms with Gasteiger partial charge in [-0.15, -0.1) is 11.3 Å². The number of halogens is 1. The van der Waals surface area contributed by atoms with Gasteiger partial charge in [0.25, 0.3) is 0 Å². The topological polar surface area (TPSA) is 50.3 Å². The van der Waals surface area contributed by atoms with Gasteiger partial charge in [0.2, 0.25) is 5.95 Å². The van der Waals surface area contributed by atoms with Crippen LogP contribution in [0.25, 0.3) is 0 Å². The second-order valence-electron chi connectivity index (χ2n) is 5.24. The second-order valence-corrected chi connectivity index (χ2v) is 6.98. The van der Waals surface area contributed by atoms with Gasteiger partial charge >= 0.3 is 0 Å². The third-order valence-corrected chi connectivity index (χ3v) is 5.03. The van der Waals surface area contributed by atoms with E-state index in [1.807, 2.05) is 18.5 Å². The van der Waals surface area contributed by atoms with Crippen LogP contribution in [0.5, 0.6) is 0 Å². The first-order chi connectivity index (χ1) is 10.7. The Labute approximate surface area is 139 Å². The van der Waals surface area contributed by atoms with Gasteiger partial charge in [0.05, 0.1) is 17.6 Å². The summed E-state index contributed by atoms with van der Waals surface area (Å²) >= 11 is 7.58. The Hall–Kier alpha value is -1.21. The van der Waals surface area contributed by atoms with E-state index in [2.05, 4.69) is 33.2 Å². The summed E-state index contributed by atoms with van der Waals surface area (Å²) in [5.74, 6) is 0.783. The van der Waals surface area contributed by atoms with E-state index in [0.717, 1.165) is 48.7 Å². The minimum absolute atomic E-state index is 0.261. The monoisotopic (exact) mass is 338 g/mol. The van der Waals surface area contributed by atoms with Crippen molar-refractivity contribution < 1.29 is 4.74 Å². The van der Waals surface area contributed by atoms with Gasteiger partial charge in [0, 0.05) is 48.5 Å². The average Bonchev–Trinajstić information content (AvgIpc) is 3.00. The van der Waals surface area contributed by atoms with Crippen LogP contribution in [-0.2, 0) is 11.3 Å². The fraction of sp³-hybridized carbons (Fsp3) is 0.467. The normalized spacial score (nSPS) is 16.7. The summed E-state index contributed by atoms with van der Waals surface area (Å²) in [7, 11) is 0. The van der Waals surface area contributed by atoms with Crippen LogP contribution in [0.3, 0.4) is 0 Å². The molecule has 0 aromatic carbocycles. The molecule has 0 bridgehead atoms. The third kappa shape index (κ3) is 3.95. The van der Waals surface area contributed by atoms with Gasteiger partial charge in [0.1, 0.15) is 0 Å². The van der Waals surface area contributed by atoms with E-state index in [1.165, 1.54) is 4.88 Å². The molecular weight excluding hydrogens is 320 g/mol. The predicted molar refractivity (Wildman–Crippen MR) is 89.6 cm³/mol. The van der Waals surface area contributed by atoms with Crippen LogP contribution in [-0.4, -0.2) is 36.3 Å². The zero-order valence-corrected chi connectivity index (χ0v) is 14.0. The molecule has 1 saturated heterocycles. The van der Waals surface area contributed by atoms with E-state index in [0.29, 0.717) is 0 Å². The second kappa shape index (κ2) is 7.37. The number of rotatable bonds is 5. The van der Waals surface area contributed by atoms with E-state index >= 15 is 0 Å². The molecule has 2 aromatic rings. The molecule has 1 atom stereocenters. The van der Waals surface area contributed by atoms with Crippen LogP contribution >= 0.6 is 22.9 Å². The fourth-order valence-electron chi connectivity index (χ4n) is 2.30. The quantitative estimate of drug-likeness (QED) is 0.908. The number of hydrogen-bond donors (Lipinski definition) is 1. The van der Waals surface area contributed by atoms with E-state index < -0.39 is 0 Å². The minimum atomic E-state index is 0.261. The third-order valence-electron chi connectivity index (χ3n) is 3.62. The lowest BCUT2D eigenvalue weighted by Gasteiger charge is -2.26. The van der Waals surface area contributed by atoms with Crippen LogP contribution in [0.4, 0.5) is 5.95 Å². The van der Waals surface area contributed by atoms with E-state index in [9.17, 15) is 0 Å². The summed E-state index contributed by atoms with van der Waals surface area (Å²) < 4.78 is 6.16. The first-order valence-corrected chi connectivity index (χ1v) is 8.54. The molecule has 0 radical (unpaired) electrons. The summed E-state index contributed by atoms with van der Waals surface area (Å²) in [5.41, 5.74) is 1.08. The van der Waals surface area contributed by atoms with Crippen LogP contribution in [0, 0.1) is 0 Å². The maximum absolute atomic E-state index is 5.97. The number of thiophene rings is 1. The maximum atomic E-state index is 5.97. The largest absolute Gasteiger partial charge is 0.378 e. The molecule has 1 aliphatic rings. The lowest BCUT2D eigenvalue weighted by atomic mass is 10.2. The Balaban J connectivity index is 1.54. The van der Waals surface area contributed by atoms with Gasteiger partial charge in [-0.25, -0.2) is 9.97 Å². The Morgan fingerprint density at radius 2 is 2.05 bits per heavy atom. The minimum Gasteiger partial charge on any atom is -0.378 e. The summed E-state index contributed by atoms with van der Waals surface area (Å²) in [6.45, 7) is 6.06. The Morgan fingerprint density at radius 3 is 2.68 bits per heavy atom. The van der Waals surface area contributed by atoms with Crippen molar-refractivity contribution in [2.75, 3.05) is 31.2 Å². The zero-order chi connectivity index (χ0) is 15.4. The molecule has 1 fully saturated rings. The molecule has 0 amide bonds. The molecule has 5 nitrogen and oxygen atoms in total. The Morgan fingerprint density at radius 1 is 1.32 bits per heavy atom. The molecule has 3 rings (SSSR count). The Kier molecular flexibility index (Phi) is 5.25. The Bertz CT molecular complexity index is 598. The first kappa shape index (κ1) is 15.7. The summed E-state index contributed by atoms with van der Waals surface area (Å²) in [6.07, 6.45) is 3.78. The average molecular weight is 339 g/mol. The summed E-state index contributed by atoms with van der Waals surface area (Å²) in [4.78, 5) is 12.3. The van der Waals surface area contributed by atoms with Crippen molar-refractivity contribution in [3.8, 4) is 0 Å². The number of hydrogen-bond acceptors (Lipinski definition) is 6. The summed E-state index contributed by atoms with van der Waals surface area (Å²) in [6, 6.07) is 4.25. The van der Waals surface area contributed by atoms with Crippen molar-refractivity contribution in [1.29, 1.82) is 0 Å². The van der Waals surface area contributed by atoms with Gasteiger partial charge in [-0.3, -0.25) is 0 Å². The standard InChI is InChI=1S/C15H19ClN4OS/c1-11(13-2-3-14(16)22-13)17-8-12-9-18-15(19-10-12)20-4-6-21-7-5-20/h2-3,9-11,17H,4-8H2,1H3. The van der Waals surface area contributed by atoms with Gasteiger partial charge in [-0.05, 0) is 19.1 Å². The van der Waals surface area contributed by atoms with Crippen molar-refractivity contribution in [2.24, 2.45) is 0 Å². The van der Waals surface area contributed by atoms with Gasteiger partial charge in [-0.1, -0.05) is 11.6 Å². The van der Waals surface area contributed by atoms with Crippen molar-refractivity contribution in [3.05, 3.63) is 39.3 Å². The molecular formula is C15H19ClN4OS. The molecule has 7 heteroatoms. The lowest BCUT2D eigenvalue weighted by molar-refractivity contribution is 0.122. The molecule has 2 aromatic heterocycles. The lowest BCUT2D eigenvalue weighted by Crippen LogP contribution is -2.37.